The van der Waals surface area contributed by atoms with Crippen molar-refractivity contribution < 1.29 is 8.42 Å². The van der Waals surface area contributed by atoms with Crippen LogP contribution in [0.3, 0.4) is 0 Å². The maximum absolute atomic E-state index is 11.3. The second kappa shape index (κ2) is 5.30. The van der Waals surface area contributed by atoms with E-state index in [1.165, 1.54) is 0 Å². The second-order valence-electron chi connectivity index (χ2n) is 3.77. The summed E-state index contributed by atoms with van der Waals surface area (Å²) in [5, 5.41) is 0. The molecule has 0 saturated carbocycles. The summed E-state index contributed by atoms with van der Waals surface area (Å²) in [5.41, 5.74) is 0. The number of rotatable bonds is 5. The SMILES string of the molecule is CN1CCC(CNS(=O)(=O)CCCl)C1. The van der Waals surface area contributed by atoms with Crippen molar-refractivity contribution in [2.24, 2.45) is 5.92 Å². The molecule has 0 radical (unpaired) electrons. The first-order valence-electron chi connectivity index (χ1n) is 4.75. The van der Waals surface area contributed by atoms with Crippen molar-refractivity contribution in [3.05, 3.63) is 0 Å². The molecule has 0 spiro atoms. The van der Waals surface area contributed by atoms with Crippen molar-refractivity contribution in [1.82, 2.24) is 9.62 Å². The van der Waals surface area contributed by atoms with E-state index in [4.69, 9.17) is 11.6 Å². The Labute approximate surface area is 90.7 Å². The van der Waals surface area contributed by atoms with E-state index in [0.29, 0.717) is 12.5 Å². The predicted octanol–water partition coefficient (Wildman–Crippen LogP) is 0.0963. The molecule has 0 aromatic heterocycles. The molecule has 0 aromatic carbocycles. The smallest absolute Gasteiger partial charge is 0.212 e. The number of hydrogen-bond donors (Lipinski definition) is 1. The van der Waals surface area contributed by atoms with Gasteiger partial charge in [-0.05, 0) is 25.9 Å². The highest BCUT2D eigenvalue weighted by atomic mass is 35.5. The molecular weight excluding hydrogens is 224 g/mol. The van der Waals surface area contributed by atoms with Crippen LogP contribution >= 0.6 is 11.6 Å². The van der Waals surface area contributed by atoms with Crippen LogP contribution in [0.25, 0.3) is 0 Å². The summed E-state index contributed by atoms with van der Waals surface area (Å²) < 4.78 is 25.1. The summed E-state index contributed by atoms with van der Waals surface area (Å²) in [7, 11) is -1.09. The van der Waals surface area contributed by atoms with E-state index in [1.807, 2.05) is 7.05 Å². The molecule has 0 bridgehead atoms. The van der Waals surface area contributed by atoms with Crippen LogP contribution in [0.2, 0.25) is 0 Å². The molecule has 6 heteroatoms. The molecular formula is C8H17ClN2O2S. The fraction of sp³-hybridized carbons (Fsp3) is 1.00. The monoisotopic (exact) mass is 240 g/mol. The third-order valence-corrected chi connectivity index (χ3v) is 4.19. The lowest BCUT2D eigenvalue weighted by atomic mass is 10.1. The molecule has 1 N–H and O–H groups in total. The standard InChI is InChI=1S/C8H17ClN2O2S/c1-11-4-2-8(7-11)6-10-14(12,13)5-3-9/h8,10H,2-7H2,1H3. The van der Waals surface area contributed by atoms with Gasteiger partial charge in [-0.1, -0.05) is 0 Å². The van der Waals surface area contributed by atoms with Crippen LogP contribution in [0.15, 0.2) is 0 Å². The largest absolute Gasteiger partial charge is 0.306 e. The number of hydrogen-bond acceptors (Lipinski definition) is 3. The van der Waals surface area contributed by atoms with Gasteiger partial charge in [0.15, 0.2) is 0 Å². The Balaban J connectivity index is 2.26. The summed E-state index contributed by atoms with van der Waals surface area (Å²) >= 11 is 5.38. The molecule has 1 heterocycles. The number of halogens is 1. The minimum Gasteiger partial charge on any atom is -0.306 e. The van der Waals surface area contributed by atoms with Gasteiger partial charge in [-0.2, -0.15) is 0 Å². The zero-order chi connectivity index (χ0) is 10.6. The number of alkyl halides is 1. The highest BCUT2D eigenvalue weighted by Gasteiger charge is 2.21. The molecule has 84 valence electrons. The topological polar surface area (TPSA) is 49.4 Å². The van der Waals surface area contributed by atoms with E-state index in [-0.39, 0.29) is 11.6 Å². The Kier molecular flexibility index (Phi) is 4.63. The van der Waals surface area contributed by atoms with Crippen molar-refractivity contribution >= 4 is 21.6 Å². The van der Waals surface area contributed by atoms with Crippen LogP contribution in [0.1, 0.15) is 6.42 Å². The molecule has 14 heavy (non-hydrogen) atoms. The molecule has 1 saturated heterocycles. The summed E-state index contributed by atoms with van der Waals surface area (Å²) in [6, 6.07) is 0. The second-order valence-corrected chi connectivity index (χ2v) is 6.08. The first-order valence-corrected chi connectivity index (χ1v) is 6.94. The zero-order valence-corrected chi connectivity index (χ0v) is 9.94. The summed E-state index contributed by atoms with van der Waals surface area (Å²) in [4.78, 5) is 2.21. The third kappa shape index (κ3) is 4.13. The molecule has 0 amide bonds. The Morgan fingerprint density at radius 3 is 2.79 bits per heavy atom. The quantitative estimate of drug-likeness (QED) is 0.694. The molecule has 1 aliphatic heterocycles. The minimum atomic E-state index is -3.14. The van der Waals surface area contributed by atoms with Crippen LogP contribution in [0.5, 0.6) is 0 Å². The zero-order valence-electron chi connectivity index (χ0n) is 8.37. The molecule has 4 nitrogen and oxygen atoms in total. The summed E-state index contributed by atoms with van der Waals surface area (Å²) in [6.07, 6.45) is 1.07. The van der Waals surface area contributed by atoms with Crippen LogP contribution in [0.4, 0.5) is 0 Å². The first kappa shape index (κ1) is 12.2. The van der Waals surface area contributed by atoms with Gasteiger partial charge in [0.1, 0.15) is 0 Å². The highest BCUT2D eigenvalue weighted by molar-refractivity contribution is 7.89. The van der Waals surface area contributed by atoms with E-state index in [0.717, 1.165) is 19.5 Å². The Morgan fingerprint density at radius 1 is 1.57 bits per heavy atom. The van der Waals surface area contributed by atoms with Crippen molar-refractivity contribution in [3.8, 4) is 0 Å². The van der Waals surface area contributed by atoms with Crippen molar-refractivity contribution in [2.75, 3.05) is 38.3 Å². The fourth-order valence-electron chi connectivity index (χ4n) is 1.61. The van der Waals surface area contributed by atoms with Gasteiger partial charge in [0.25, 0.3) is 0 Å². The highest BCUT2D eigenvalue weighted by Crippen LogP contribution is 2.13. The van der Waals surface area contributed by atoms with Crippen LogP contribution < -0.4 is 4.72 Å². The van der Waals surface area contributed by atoms with Gasteiger partial charge in [0, 0.05) is 19.0 Å². The summed E-state index contributed by atoms with van der Waals surface area (Å²) in [6.45, 7) is 2.58. The Morgan fingerprint density at radius 2 is 2.29 bits per heavy atom. The lowest BCUT2D eigenvalue weighted by molar-refractivity contribution is 0.394. The average molecular weight is 241 g/mol. The Bertz CT molecular complexity index is 269. The molecule has 0 aromatic rings. The number of nitrogens with one attached hydrogen (secondary N) is 1. The lowest BCUT2D eigenvalue weighted by Crippen LogP contribution is -2.32. The fourth-order valence-corrected chi connectivity index (χ4v) is 3.06. The van der Waals surface area contributed by atoms with E-state index in [2.05, 4.69) is 9.62 Å². The normalized spacial score (nSPS) is 24.3. The first-order chi connectivity index (χ1) is 6.53. The number of likely N-dealkylation sites (tertiary alicyclic amines) is 1. The van der Waals surface area contributed by atoms with Crippen LogP contribution in [-0.4, -0.2) is 51.6 Å². The number of sulfonamides is 1. The molecule has 1 unspecified atom stereocenters. The van der Waals surface area contributed by atoms with Crippen LogP contribution in [0, 0.1) is 5.92 Å². The Hall–Kier alpha value is 0.160. The van der Waals surface area contributed by atoms with Gasteiger partial charge in [-0.3, -0.25) is 0 Å². The van der Waals surface area contributed by atoms with Gasteiger partial charge in [0.2, 0.25) is 10.0 Å². The van der Waals surface area contributed by atoms with Crippen molar-refractivity contribution in [3.63, 3.8) is 0 Å². The maximum atomic E-state index is 11.3. The predicted molar refractivity (Wildman–Crippen MR) is 58.1 cm³/mol. The molecule has 1 rings (SSSR count). The minimum absolute atomic E-state index is 0.0110. The van der Waals surface area contributed by atoms with Gasteiger partial charge in [-0.15, -0.1) is 11.6 Å². The van der Waals surface area contributed by atoms with Gasteiger partial charge >= 0.3 is 0 Å². The summed E-state index contributed by atoms with van der Waals surface area (Å²) in [5.74, 6) is 0.613. The van der Waals surface area contributed by atoms with E-state index < -0.39 is 10.0 Å². The molecule has 1 fully saturated rings. The van der Waals surface area contributed by atoms with E-state index in [1.54, 1.807) is 0 Å². The third-order valence-electron chi connectivity index (χ3n) is 2.43. The van der Waals surface area contributed by atoms with Gasteiger partial charge < -0.3 is 4.90 Å². The van der Waals surface area contributed by atoms with E-state index in [9.17, 15) is 8.42 Å². The van der Waals surface area contributed by atoms with Gasteiger partial charge in [-0.25, -0.2) is 13.1 Å². The van der Waals surface area contributed by atoms with Crippen molar-refractivity contribution in [2.45, 2.75) is 6.42 Å². The average Bonchev–Trinajstić information content (AvgIpc) is 2.48. The molecule has 1 aliphatic rings. The van der Waals surface area contributed by atoms with Crippen LogP contribution in [-0.2, 0) is 10.0 Å². The van der Waals surface area contributed by atoms with Gasteiger partial charge in [0.05, 0.1) is 5.75 Å². The molecule has 1 atom stereocenters. The molecule has 0 aliphatic carbocycles. The lowest BCUT2D eigenvalue weighted by Gasteiger charge is -2.11. The van der Waals surface area contributed by atoms with E-state index >= 15 is 0 Å². The van der Waals surface area contributed by atoms with Crippen molar-refractivity contribution in [1.29, 1.82) is 0 Å². The number of nitrogens with zero attached hydrogens (tertiary/aromatic N) is 1. The maximum Gasteiger partial charge on any atom is 0.212 e.